The van der Waals surface area contributed by atoms with E-state index in [1.54, 1.807) is 12.1 Å². The van der Waals surface area contributed by atoms with Crippen LogP contribution in [0.3, 0.4) is 0 Å². The largest absolute Gasteiger partial charge is 0.489 e. The molecule has 2 rings (SSSR count). The van der Waals surface area contributed by atoms with Crippen molar-refractivity contribution < 1.29 is 17.9 Å². The van der Waals surface area contributed by atoms with Gasteiger partial charge in [-0.3, -0.25) is 4.79 Å². The summed E-state index contributed by atoms with van der Waals surface area (Å²) in [5.74, 6) is 0.359. The molecule has 110 valence electrons. The topological polar surface area (TPSA) is 75.7 Å². The molecule has 0 unspecified atom stereocenters. The molecular weight excluding hydrogens is 280 g/mol. The zero-order chi connectivity index (χ0) is 14.8. The van der Waals surface area contributed by atoms with Crippen LogP contribution in [0, 0.1) is 0 Å². The average Bonchev–Trinajstić information content (AvgIpc) is 2.83. The van der Waals surface area contributed by atoms with Crippen molar-refractivity contribution in [3.63, 3.8) is 0 Å². The van der Waals surface area contributed by atoms with Crippen LogP contribution >= 0.6 is 0 Å². The molecule has 1 aliphatic heterocycles. The molecule has 0 saturated carbocycles. The molecule has 1 aromatic rings. The highest BCUT2D eigenvalue weighted by atomic mass is 32.2. The summed E-state index contributed by atoms with van der Waals surface area (Å²) in [5, 5.41) is 2.49. The van der Waals surface area contributed by atoms with Crippen LogP contribution in [0.15, 0.2) is 30.3 Å². The molecule has 1 amide bonds. The van der Waals surface area contributed by atoms with Crippen LogP contribution in [0.1, 0.15) is 6.42 Å². The molecule has 1 saturated heterocycles. The van der Waals surface area contributed by atoms with Gasteiger partial charge in [0.25, 0.3) is 0 Å². The second-order valence-electron chi connectivity index (χ2n) is 4.75. The average molecular weight is 298 g/mol. The van der Waals surface area contributed by atoms with Crippen LogP contribution in [0.5, 0.6) is 5.75 Å². The summed E-state index contributed by atoms with van der Waals surface area (Å²) in [4.78, 5) is 11.8. The molecule has 0 radical (unpaired) electrons. The van der Waals surface area contributed by atoms with Crippen LogP contribution in [-0.4, -0.2) is 50.6 Å². The van der Waals surface area contributed by atoms with Crippen molar-refractivity contribution in [2.45, 2.75) is 18.6 Å². The van der Waals surface area contributed by atoms with Gasteiger partial charge in [-0.2, -0.15) is 4.31 Å². The quantitative estimate of drug-likeness (QED) is 0.862. The van der Waals surface area contributed by atoms with E-state index < -0.39 is 16.1 Å². The highest BCUT2D eigenvalue weighted by Gasteiger charge is 2.42. The van der Waals surface area contributed by atoms with E-state index in [2.05, 4.69) is 5.32 Å². The molecule has 20 heavy (non-hydrogen) atoms. The third-order valence-electron chi connectivity index (χ3n) is 3.24. The predicted octanol–water partition coefficient (Wildman–Crippen LogP) is 0.214. The predicted molar refractivity (Wildman–Crippen MR) is 74.9 cm³/mol. The van der Waals surface area contributed by atoms with Crippen LogP contribution in [0.25, 0.3) is 0 Å². The van der Waals surface area contributed by atoms with Gasteiger partial charge in [-0.05, 0) is 12.1 Å². The van der Waals surface area contributed by atoms with Crippen molar-refractivity contribution in [2.24, 2.45) is 0 Å². The van der Waals surface area contributed by atoms with E-state index >= 15 is 0 Å². The number of carbonyl (C=O) groups is 1. The number of hydrogen-bond acceptors (Lipinski definition) is 4. The summed E-state index contributed by atoms with van der Waals surface area (Å²) in [7, 11) is -1.95. The Bertz CT molecular complexity index is 573. The van der Waals surface area contributed by atoms with Gasteiger partial charge < -0.3 is 10.1 Å². The van der Waals surface area contributed by atoms with E-state index in [1.165, 1.54) is 11.4 Å². The van der Waals surface area contributed by atoms with Gasteiger partial charge in [-0.15, -0.1) is 0 Å². The normalized spacial score (nSPS) is 23.5. The lowest BCUT2D eigenvalue weighted by Crippen LogP contribution is -2.44. The van der Waals surface area contributed by atoms with E-state index in [1.807, 2.05) is 18.2 Å². The summed E-state index contributed by atoms with van der Waals surface area (Å²) >= 11 is 0. The minimum absolute atomic E-state index is 0.186. The molecule has 1 heterocycles. The first-order chi connectivity index (χ1) is 9.41. The van der Waals surface area contributed by atoms with E-state index in [4.69, 9.17) is 4.74 Å². The second-order valence-corrected chi connectivity index (χ2v) is 6.69. The maximum absolute atomic E-state index is 11.8. The molecule has 0 bridgehead atoms. The van der Waals surface area contributed by atoms with Gasteiger partial charge in [0.2, 0.25) is 15.9 Å². The second kappa shape index (κ2) is 5.80. The van der Waals surface area contributed by atoms with Gasteiger partial charge in [0.15, 0.2) is 0 Å². The van der Waals surface area contributed by atoms with E-state index in [-0.39, 0.29) is 18.6 Å². The molecule has 0 aromatic heterocycles. The molecule has 1 aliphatic rings. The number of rotatable bonds is 4. The van der Waals surface area contributed by atoms with Gasteiger partial charge in [0.1, 0.15) is 17.9 Å². The van der Waals surface area contributed by atoms with Crippen molar-refractivity contribution in [1.82, 2.24) is 9.62 Å². The summed E-state index contributed by atoms with van der Waals surface area (Å²) in [5.41, 5.74) is 0. The number of ether oxygens (including phenoxy) is 1. The highest BCUT2D eigenvalue weighted by molar-refractivity contribution is 7.88. The monoisotopic (exact) mass is 298 g/mol. The molecule has 6 nitrogen and oxygen atoms in total. The van der Waals surface area contributed by atoms with E-state index in [0.29, 0.717) is 12.2 Å². The fraction of sp³-hybridized carbons (Fsp3) is 0.462. The Labute approximate surface area is 118 Å². The number of likely N-dealkylation sites (N-methyl/N-ethyl adjacent to an activating group) is 1. The van der Waals surface area contributed by atoms with Crippen LogP contribution in [0.4, 0.5) is 0 Å². The minimum atomic E-state index is -3.44. The van der Waals surface area contributed by atoms with Crippen molar-refractivity contribution >= 4 is 15.9 Å². The number of benzene rings is 1. The summed E-state index contributed by atoms with van der Waals surface area (Å²) in [6.45, 7) is 0.186. The number of amides is 1. The Morgan fingerprint density at radius 3 is 2.55 bits per heavy atom. The molecule has 7 heteroatoms. The molecule has 0 spiro atoms. The molecular formula is C13H18N2O4S. The number of carbonyl (C=O) groups excluding carboxylic acids is 1. The molecule has 2 atom stereocenters. The smallest absolute Gasteiger partial charge is 0.238 e. The molecule has 0 aliphatic carbocycles. The lowest BCUT2D eigenvalue weighted by molar-refractivity contribution is -0.123. The fourth-order valence-electron chi connectivity index (χ4n) is 2.32. The highest BCUT2D eigenvalue weighted by Crippen LogP contribution is 2.25. The standard InChI is InChI=1S/C13H18N2O4S/c1-14-13(16)12-8-11(9-15(12)20(2,17)18)19-10-6-4-3-5-7-10/h3-7,11-12H,8-9H2,1-2H3,(H,14,16)/t11-,12-/m0/s1. The lowest BCUT2D eigenvalue weighted by Gasteiger charge is -2.19. The Kier molecular flexibility index (Phi) is 4.29. The Balaban J connectivity index is 2.14. The minimum Gasteiger partial charge on any atom is -0.489 e. The van der Waals surface area contributed by atoms with Crippen molar-refractivity contribution in [2.75, 3.05) is 19.8 Å². The van der Waals surface area contributed by atoms with Crippen LogP contribution < -0.4 is 10.1 Å². The maximum atomic E-state index is 11.8. The van der Waals surface area contributed by atoms with Gasteiger partial charge in [-0.25, -0.2) is 8.42 Å². The Morgan fingerprint density at radius 1 is 1.35 bits per heavy atom. The van der Waals surface area contributed by atoms with Crippen LogP contribution in [0.2, 0.25) is 0 Å². The summed E-state index contributed by atoms with van der Waals surface area (Å²) in [6.07, 6.45) is 1.13. The zero-order valence-corrected chi connectivity index (χ0v) is 12.3. The first kappa shape index (κ1) is 14.8. The number of sulfonamides is 1. The van der Waals surface area contributed by atoms with Gasteiger partial charge >= 0.3 is 0 Å². The molecule has 1 fully saturated rings. The Hall–Kier alpha value is -1.60. The SMILES string of the molecule is CNC(=O)[C@@H]1C[C@H](Oc2ccccc2)CN1S(C)(=O)=O. The Morgan fingerprint density at radius 2 is 2.00 bits per heavy atom. The van der Waals surface area contributed by atoms with Crippen molar-refractivity contribution in [1.29, 1.82) is 0 Å². The van der Waals surface area contributed by atoms with Gasteiger partial charge in [0, 0.05) is 13.5 Å². The number of para-hydroxylation sites is 1. The third kappa shape index (κ3) is 3.29. The zero-order valence-electron chi connectivity index (χ0n) is 11.4. The van der Waals surface area contributed by atoms with E-state index in [9.17, 15) is 13.2 Å². The third-order valence-corrected chi connectivity index (χ3v) is 4.49. The molecule has 1 N–H and O–H groups in total. The lowest BCUT2D eigenvalue weighted by atomic mass is 10.2. The number of hydrogen-bond donors (Lipinski definition) is 1. The maximum Gasteiger partial charge on any atom is 0.238 e. The number of nitrogens with zero attached hydrogens (tertiary/aromatic N) is 1. The molecule has 1 aromatic carbocycles. The van der Waals surface area contributed by atoms with Crippen molar-refractivity contribution in [3.05, 3.63) is 30.3 Å². The van der Waals surface area contributed by atoms with Crippen molar-refractivity contribution in [3.8, 4) is 5.75 Å². The fourth-order valence-corrected chi connectivity index (χ4v) is 3.40. The first-order valence-corrected chi connectivity index (χ1v) is 8.16. The number of nitrogens with one attached hydrogen (secondary N) is 1. The van der Waals surface area contributed by atoms with Crippen LogP contribution in [-0.2, 0) is 14.8 Å². The summed E-state index contributed by atoms with van der Waals surface area (Å²) < 4.78 is 30.4. The van der Waals surface area contributed by atoms with Gasteiger partial charge in [-0.1, -0.05) is 18.2 Å². The van der Waals surface area contributed by atoms with E-state index in [0.717, 1.165) is 6.26 Å². The summed E-state index contributed by atoms with van der Waals surface area (Å²) in [6, 6.07) is 8.46. The van der Waals surface area contributed by atoms with Gasteiger partial charge in [0.05, 0.1) is 12.8 Å². The first-order valence-electron chi connectivity index (χ1n) is 6.32.